The van der Waals surface area contributed by atoms with Crippen LogP contribution in [0.2, 0.25) is 18.1 Å². The Morgan fingerprint density at radius 2 is 1.91 bits per heavy atom. The minimum Gasteiger partial charge on any atom is -0.465 e. The Kier molecular flexibility index (Phi) is 5.21. The monoisotopic (exact) mass is 346 g/mol. The number of esters is 1. The second kappa shape index (κ2) is 6.09. The van der Waals surface area contributed by atoms with Crippen LogP contribution in [0.1, 0.15) is 31.1 Å². The fourth-order valence-electron chi connectivity index (χ4n) is 1.58. The molecule has 1 aromatic carbocycles. The summed E-state index contributed by atoms with van der Waals surface area (Å²) in [6.07, 6.45) is 0. The second-order valence-corrected chi connectivity index (χ2v) is 13.8. The summed E-state index contributed by atoms with van der Waals surface area (Å²) in [5.74, 6) is -1.40. The summed E-state index contributed by atoms with van der Waals surface area (Å²) < 4.78 is 42.1. The molecule has 0 aliphatic carbocycles. The molecule has 0 radical (unpaired) electrons. The topological polar surface area (TPSA) is 79.2 Å². The van der Waals surface area contributed by atoms with Crippen LogP contribution in [-0.2, 0) is 14.7 Å². The quantitative estimate of drug-likeness (QED) is 0.646. The van der Waals surface area contributed by atoms with E-state index < -0.39 is 29.9 Å². The molecule has 0 amide bonds. The van der Waals surface area contributed by atoms with Crippen LogP contribution in [0, 0.1) is 10.6 Å². The fourth-order valence-corrected chi connectivity index (χ4v) is 6.86. The van der Waals surface area contributed by atoms with E-state index in [1.165, 1.54) is 13.2 Å². The van der Waals surface area contributed by atoms with Gasteiger partial charge in [-0.3, -0.25) is 0 Å². The van der Waals surface area contributed by atoms with Gasteiger partial charge in [0, 0.05) is 0 Å². The molecule has 8 heteroatoms. The average Bonchev–Trinajstić information content (AvgIpc) is 2.35. The van der Waals surface area contributed by atoms with Crippen molar-refractivity contribution >= 4 is 24.1 Å². The maximum absolute atomic E-state index is 13.5. The maximum Gasteiger partial charge on any atom is 0.339 e. The molecule has 0 aromatic heterocycles. The molecule has 2 N–H and O–H groups in total. The van der Waals surface area contributed by atoms with E-state index in [4.69, 9.17) is 4.78 Å². The number of nitrogens with one attached hydrogen (secondary N) is 2. The van der Waals surface area contributed by atoms with E-state index in [1.54, 1.807) is 0 Å². The predicted octanol–water partition coefficient (Wildman–Crippen LogP) is 3.53. The van der Waals surface area contributed by atoms with Crippen LogP contribution < -0.4 is 4.39 Å². The zero-order chi connectivity index (χ0) is 17.3. The summed E-state index contributed by atoms with van der Waals surface area (Å²) in [6.45, 7) is 9.87. The lowest BCUT2D eigenvalue weighted by atomic mass is 10.2. The summed E-state index contributed by atoms with van der Waals surface area (Å²) in [5, 5.41) is -0.171. The van der Waals surface area contributed by atoms with Gasteiger partial charge in [-0.15, -0.1) is 0 Å². The first-order valence-electron chi connectivity index (χ1n) is 6.77. The van der Waals surface area contributed by atoms with Crippen molar-refractivity contribution in [2.45, 2.75) is 43.8 Å². The van der Waals surface area contributed by atoms with E-state index in [0.717, 1.165) is 12.1 Å². The van der Waals surface area contributed by atoms with E-state index in [2.05, 4.69) is 9.12 Å². The molecule has 1 rings (SSSR count). The van der Waals surface area contributed by atoms with Crippen molar-refractivity contribution in [3.05, 3.63) is 29.6 Å². The molecule has 0 aliphatic rings. The van der Waals surface area contributed by atoms with Crippen molar-refractivity contribution in [2.75, 3.05) is 7.11 Å². The minimum absolute atomic E-state index is 0.0601. The Labute approximate surface area is 132 Å². The van der Waals surface area contributed by atoms with Gasteiger partial charge in [-0.25, -0.2) is 22.6 Å². The maximum atomic E-state index is 13.5. The standard InChI is InChI=1S/C14H23FN2O3SSi/c1-14(2,3)22(5,6)17-21(16,19)12-9-10(15)7-8-11(12)13(18)20-4/h7-9H,1-6H3,(H2,16,17,19). The zero-order valence-electron chi connectivity index (χ0n) is 13.7. The van der Waals surface area contributed by atoms with Gasteiger partial charge in [0.05, 0.1) is 17.6 Å². The third-order valence-corrected chi connectivity index (χ3v) is 11.8. The summed E-state index contributed by atoms with van der Waals surface area (Å²) in [4.78, 5) is 11.6. The molecule has 0 saturated carbocycles. The Bertz CT molecular complexity index is 682. The largest absolute Gasteiger partial charge is 0.465 e. The molecular weight excluding hydrogens is 323 g/mol. The highest BCUT2D eigenvalue weighted by atomic mass is 32.2. The third kappa shape index (κ3) is 3.93. The van der Waals surface area contributed by atoms with E-state index in [9.17, 15) is 13.4 Å². The molecule has 1 unspecified atom stereocenters. The minimum atomic E-state index is -3.54. The first-order valence-corrected chi connectivity index (χ1v) is 11.3. The Morgan fingerprint density at radius 3 is 2.36 bits per heavy atom. The van der Waals surface area contributed by atoms with Gasteiger partial charge in [-0.1, -0.05) is 33.9 Å². The summed E-state index contributed by atoms with van der Waals surface area (Å²) in [6, 6.07) is 3.23. The molecule has 0 saturated heterocycles. The highest BCUT2D eigenvalue weighted by Gasteiger charge is 2.39. The van der Waals surface area contributed by atoms with Gasteiger partial charge in [0.1, 0.15) is 24.0 Å². The molecular formula is C14H23FN2O3SSi. The van der Waals surface area contributed by atoms with Crippen LogP contribution >= 0.6 is 0 Å². The second-order valence-electron chi connectivity index (χ2n) is 6.67. The van der Waals surface area contributed by atoms with E-state index in [1.807, 2.05) is 33.9 Å². The van der Waals surface area contributed by atoms with Crippen LogP contribution in [-0.4, -0.2) is 25.5 Å². The van der Waals surface area contributed by atoms with E-state index >= 15 is 0 Å². The number of carbonyl (C=O) groups excluding carboxylic acids is 1. The van der Waals surface area contributed by atoms with Crippen molar-refractivity contribution in [1.29, 1.82) is 4.78 Å². The number of ether oxygens (including phenoxy) is 1. The normalized spacial score (nSPS) is 15.2. The Balaban J connectivity index is 3.41. The van der Waals surface area contributed by atoms with Gasteiger partial charge in [0.25, 0.3) is 0 Å². The lowest BCUT2D eigenvalue weighted by Gasteiger charge is -2.37. The Morgan fingerprint density at radius 1 is 1.36 bits per heavy atom. The van der Waals surface area contributed by atoms with Crippen molar-refractivity contribution in [3.8, 4) is 0 Å². The molecule has 0 fully saturated rings. The van der Waals surface area contributed by atoms with Crippen molar-refractivity contribution in [3.63, 3.8) is 0 Å². The first kappa shape index (κ1) is 18.8. The van der Waals surface area contributed by atoms with Crippen LogP contribution in [0.4, 0.5) is 4.39 Å². The number of carbonyl (C=O) groups is 1. The van der Waals surface area contributed by atoms with Crippen molar-refractivity contribution in [1.82, 2.24) is 4.39 Å². The van der Waals surface area contributed by atoms with E-state index in [-0.39, 0.29) is 15.5 Å². The predicted molar refractivity (Wildman–Crippen MR) is 87.2 cm³/mol. The van der Waals surface area contributed by atoms with Gasteiger partial charge >= 0.3 is 5.97 Å². The lowest BCUT2D eigenvalue weighted by Crippen LogP contribution is -2.54. The Hall–Kier alpha value is -1.25. The van der Waals surface area contributed by atoms with Gasteiger partial charge < -0.3 is 4.74 Å². The van der Waals surface area contributed by atoms with Gasteiger partial charge in [0.2, 0.25) is 0 Å². The molecule has 0 bridgehead atoms. The zero-order valence-corrected chi connectivity index (χ0v) is 15.6. The highest BCUT2D eigenvalue weighted by Crippen LogP contribution is 2.35. The molecule has 5 nitrogen and oxygen atoms in total. The smallest absolute Gasteiger partial charge is 0.339 e. The first-order chi connectivity index (χ1) is 9.82. The number of hydrogen-bond acceptors (Lipinski definition) is 4. The summed E-state index contributed by atoms with van der Waals surface area (Å²) in [7, 11) is -4.65. The van der Waals surface area contributed by atoms with Crippen molar-refractivity contribution < 1.29 is 18.1 Å². The highest BCUT2D eigenvalue weighted by molar-refractivity contribution is 7.92. The molecule has 1 atom stereocenters. The molecule has 0 heterocycles. The SMILES string of the molecule is COC(=O)c1ccc(F)cc1S(=N)(=O)N[Si](C)(C)C(C)(C)C. The summed E-state index contributed by atoms with van der Waals surface area (Å²) in [5.41, 5.74) is -0.0601. The van der Waals surface area contributed by atoms with Crippen molar-refractivity contribution in [2.24, 2.45) is 0 Å². The average molecular weight is 347 g/mol. The van der Waals surface area contributed by atoms with Gasteiger partial charge in [-0.05, 0) is 23.2 Å². The number of rotatable bonds is 4. The van der Waals surface area contributed by atoms with E-state index in [0.29, 0.717) is 0 Å². The molecule has 22 heavy (non-hydrogen) atoms. The number of hydrogen-bond donors (Lipinski definition) is 2. The summed E-state index contributed by atoms with van der Waals surface area (Å²) >= 11 is 0. The molecule has 1 aromatic rings. The fraction of sp³-hybridized carbons (Fsp3) is 0.500. The van der Waals surface area contributed by atoms with Crippen LogP contribution in [0.15, 0.2) is 23.1 Å². The van der Waals surface area contributed by atoms with Crippen LogP contribution in [0.5, 0.6) is 0 Å². The molecule has 0 spiro atoms. The number of methoxy groups -OCH3 is 1. The number of halogens is 1. The van der Waals surface area contributed by atoms with Crippen LogP contribution in [0.3, 0.4) is 0 Å². The van der Waals surface area contributed by atoms with Gasteiger partial charge in [0.15, 0.2) is 0 Å². The number of benzene rings is 1. The molecule has 0 aliphatic heterocycles. The third-order valence-electron chi connectivity index (χ3n) is 3.93. The van der Waals surface area contributed by atoms with Crippen LogP contribution in [0.25, 0.3) is 0 Å². The lowest BCUT2D eigenvalue weighted by molar-refractivity contribution is 0.0596. The van der Waals surface area contributed by atoms with Gasteiger partial charge in [-0.2, -0.15) is 0 Å². The molecule has 124 valence electrons.